The van der Waals surface area contributed by atoms with E-state index in [1.165, 1.54) is 24.8 Å². The van der Waals surface area contributed by atoms with Crippen molar-refractivity contribution in [2.45, 2.75) is 31.8 Å². The molecular weight excluding hydrogens is 282 g/mol. The van der Waals surface area contributed by atoms with Crippen LogP contribution in [0.25, 0.3) is 10.9 Å². The number of benzene rings is 1. The van der Waals surface area contributed by atoms with Crippen LogP contribution in [0.1, 0.15) is 19.8 Å². The van der Waals surface area contributed by atoms with E-state index in [1.54, 1.807) is 0 Å². The number of anilines is 1. The molecule has 21 heavy (non-hydrogen) atoms. The standard InChI is InChI=1S/C17H21N3.ClH/c1-13-12-19(10-11-20(13)15-7-8-15)17-9-6-14-4-2-3-5-16(14)18-17;/h2-6,9,13,15H,7-8,10-12H2,1H3;1H. The summed E-state index contributed by atoms with van der Waals surface area (Å²) in [6.45, 7) is 5.74. The van der Waals surface area contributed by atoms with Gasteiger partial charge in [0.25, 0.3) is 0 Å². The Morgan fingerprint density at radius 3 is 2.62 bits per heavy atom. The van der Waals surface area contributed by atoms with Gasteiger partial charge in [-0.25, -0.2) is 4.98 Å². The predicted molar refractivity (Wildman–Crippen MR) is 90.4 cm³/mol. The van der Waals surface area contributed by atoms with E-state index in [9.17, 15) is 0 Å². The Morgan fingerprint density at radius 2 is 1.86 bits per heavy atom. The van der Waals surface area contributed by atoms with Crippen molar-refractivity contribution in [3.8, 4) is 0 Å². The van der Waals surface area contributed by atoms with Crippen LogP contribution in [-0.2, 0) is 0 Å². The van der Waals surface area contributed by atoms with Gasteiger partial charge >= 0.3 is 0 Å². The third-order valence-corrected chi connectivity index (χ3v) is 4.60. The third kappa shape index (κ3) is 2.85. The average Bonchev–Trinajstić information content (AvgIpc) is 3.31. The lowest BCUT2D eigenvalue weighted by atomic mass is 10.1. The van der Waals surface area contributed by atoms with Gasteiger partial charge in [-0.05, 0) is 38.0 Å². The van der Waals surface area contributed by atoms with Crippen LogP contribution in [-0.4, -0.2) is 41.6 Å². The zero-order valence-corrected chi connectivity index (χ0v) is 13.2. The lowest BCUT2D eigenvalue weighted by Gasteiger charge is -2.40. The number of nitrogens with zero attached hydrogens (tertiary/aromatic N) is 3. The number of halogens is 1. The van der Waals surface area contributed by atoms with Crippen molar-refractivity contribution in [1.29, 1.82) is 0 Å². The van der Waals surface area contributed by atoms with Crippen LogP contribution >= 0.6 is 12.4 Å². The second-order valence-corrected chi connectivity index (χ2v) is 6.13. The van der Waals surface area contributed by atoms with Crippen molar-refractivity contribution in [2.75, 3.05) is 24.5 Å². The van der Waals surface area contributed by atoms with E-state index in [0.29, 0.717) is 6.04 Å². The molecule has 112 valence electrons. The normalized spacial score (nSPS) is 23.1. The molecule has 4 rings (SSSR count). The van der Waals surface area contributed by atoms with Gasteiger partial charge in [-0.2, -0.15) is 0 Å². The maximum absolute atomic E-state index is 4.83. The summed E-state index contributed by atoms with van der Waals surface area (Å²) >= 11 is 0. The molecule has 1 atom stereocenters. The number of para-hydroxylation sites is 1. The van der Waals surface area contributed by atoms with Gasteiger partial charge in [-0.1, -0.05) is 18.2 Å². The highest BCUT2D eigenvalue weighted by molar-refractivity contribution is 5.85. The van der Waals surface area contributed by atoms with Crippen LogP contribution in [0.15, 0.2) is 36.4 Å². The van der Waals surface area contributed by atoms with E-state index in [-0.39, 0.29) is 12.4 Å². The topological polar surface area (TPSA) is 19.4 Å². The van der Waals surface area contributed by atoms with E-state index < -0.39 is 0 Å². The van der Waals surface area contributed by atoms with E-state index in [2.05, 4.69) is 53.1 Å². The Morgan fingerprint density at radius 1 is 1.05 bits per heavy atom. The Balaban J connectivity index is 0.00000132. The van der Waals surface area contributed by atoms with E-state index in [0.717, 1.165) is 30.5 Å². The number of hydrogen-bond acceptors (Lipinski definition) is 3. The molecule has 1 unspecified atom stereocenters. The van der Waals surface area contributed by atoms with Crippen LogP contribution in [0.5, 0.6) is 0 Å². The minimum atomic E-state index is 0. The van der Waals surface area contributed by atoms with Crippen LogP contribution in [0.3, 0.4) is 0 Å². The molecule has 1 aromatic heterocycles. The number of hydrogen-bond donors (Lipinski definition) is 0. The van der Waals surface area contributed by atoms with Crippen molar-refractivity contribution >= 4 is 29.1 Å². The summed E-state index contributed by atoms with van der Waals surface area (Å²) < 4.78 is 0. The summed E-state index contributed by atoms with van der Waals surface area (Å²) in [6, 6.07) is 14.2. The zero-order valence-electron chi connectivity index (χ0n) is 12.4. The van der Waals surface area contributed by atoms with Crippen LogP contribution in [0, 0.1) is 0 Å². The minimum Gasteiger partial charge on any atom is -0.354 e. The first-order valence-corrected chi connectivity index (χ1v) is 7.68. The summed E-state index contributed by atoms with van der Waals surface area (Å²) in [6.07, 6.45) is 2.80. The van der Waals surface area contributed by atoms with Gasteiger partial charge in [0, 0.05) is 37.1 Å². The van der Waals surface area contributed by atoms with Gasteiger partial charge in [0.05, 0.1) is 5.52 Å². The molecule has 1 aliphatic heterocycles. The van der Waals surface area contributed by atoms with Crippen molar-refractivity contribution in [3.63, 3.8) is 0 Å². The number of piperazine rings is 1. The number of pyridine rings is 1. The highest BCUT2D eigenvalue weighted by atomic mass is 35.5. The minimum absolute atomic E-state index is 0. The average molecular weight is 304 g/mol. The molecule has 1 saturated carbocycles. The molecule has 4 heteroatoms. The zero-order chi connectivity index (χ0) is 13.5. The molecular formula is C17H22ClN3. The molecule has 0 spiro atoms. The van der Waals surface area contributed by atoms with E-state index >= 15 is 0 Å². The molecule has 2 heterocycles. The summed E-state index contributed by atoms with van der Waals surface area (Å²) in [5, 5.41) is 1.22. The monoisotopic (exact) mass is 303 g/mol. The summed E-state index contributed by atoms with van der Waals surface area (Å²) in [4.78, 5) is 9.94. The summed E-state index contributed by atoms with van der Waals surface area (Å²) in [5.41, 5.74) is 1.10. The third-order valence-electron chi connectivity index (χ3n) is 4.60. The molecule has 0 bridgehead atoms. The predicted octanol–water partition coefficient (Wildman–Crippen LogP) is 3.33. The number of aromatic nitrogens is 1. The van der Waals surface area contributed by atoms with Gasteiger partial charge in [0.2, 0.25) is 0 Å². The van der Waals surface area contributed by atoms with Crippen molar-refractivity contribution < 1.29 is 0 Å². The van der Waals surface area contributed by atoms with Crippen LogP contribution in [0.2, 0.25) is 0 Å². The van der Waals surface area contributed by atoms with E-state index in [4.69, 9.17) is 4.98 Å². The fourth-order valence-electron chi connectivity index (χ4n) is 3.36. The van der Waals surface area contributed by atoms with Crippen LogP contribution in [0.4, 0.5) is 5.82 Å². The lowest BCUT2D eigenvalue weighted by Crippen LogP contribution is -2.52. The molecule has 1 saturated heterocycles. The molecule has 2 aliphatic rings. The Bertz CT molecular complexity index is 626. The lowest BCUT2D eigenvalue weighted by molar-refractivity contribution is 0.179. The maximum atomic E-state index is 4.83. The van der Waals surface area contributed by atoms with Gasteiger partial charge in [-0.15, -0.1) is 12.4 Å². The fourth-order valence-corrected chi connectivity index (χ4v) is 3.36. The Labute approximate surface area is 132 Å². The summed E-state index contributed by atoms with van der Waals surface area (Å²) in [7, 11) is 0. The first-order chi connectivity index (χ1) is 9.81. The molecule has 2 fully saturated rings. The van der Waals surface area contributed by atoms with Crippen molar-refractivity contribution in [1.82, 2.24) is 9.88 Å². The highest BCUT2D eigenvalue weighted by Crippen LogP contribution is 2.31. The van der Waals surface area contributed by atoms with E-state index in [1.807, 2.05) is 0 Å². The second-order valence-electron chi connectivity index (χ2n) is 6.13. The van der Waals surface area contributed by atoms with Gasteiger partial charge in [0.15, 0.2) is 0 Å². The molecule has 0 N–H and O–H groups in total. The fraction of sp³-hybridized carbons (Fsp3) is 0.471. The number of fused-ring (bicyclic) bond motifs is 1. The number of rotatable bonds is 2. The quantitative estimate of drug-likeness (QED) is 0.848. The largest absolute Gasteiger partial charge is 0.354 e. The highest BCUT2D eigenvalue weighted by Gasteiger charge is 2.35. The van der Waals surface area contributed by atoms with Gasteiger partial charge in [-0.3, -0.25) is 4.90 Å². The maximum Gasteiger partial charge on any atom is 0.129 e. The summed E-state index contributed by atoms with van der Waals surface area (Å²) in [5.74, 6) is 1.13. The SMILES string of the molecule is CC1CN(c2ccc3ccccc3n2)CCN1C1CC1.Cl. The van der Waals surface area contributed by atoms with Gasteiger partial charge in [0.1, 0.15) is 5.82 Å². The molecule has 3 nitrogen and oxygen atoms in total. The van der Waals surface area contributed by atoms with Crippen LogP contribution < -0.4 is 4.90 Å². The Kier molecular flexibility index (Phi) is 4.05. The molecule has 0 amide bonds. The second kappa shape index (κ2) is 5.82. The Hall–Kier alpha value is -1.32. The van der Waals surface area contributed by atoms with Crippen molar-refractivity contribution in [2.24, 2.45) is 0 Å². The first kappa shape index (κ1) is 14.6. The molecule has 0 radical (unpaired) electrons. The smallest absolute Gasteiger partial charge is 0.129 e. The van der Waals surface area contributed by atoms with Crippen molar-refractivity contribution in [3.05, 3.63) is 36.4 Å². The van der Waals surface area contributed by atoms with Gasteiger partial charge < -0.3 is 4.90 Å². The first-order valence-electron chi connectivity index (χ1n) is 7.68. The molecule has 2 aromatic rings. The molecule has 1 aliphatic carbocycles. The molecule has 1 aromatic carbocycles.